The number of benzene rings is 2. The van der Waals surface area contributed by atoms with Gasteiger partial charge < -0.3 is 5.11 Å². The Morgan fingerprint density at radius 3 is 2.33 bits per heavy atom. The number of carbonyl (C=O) groups is 1. The predicted molar refractivity (Wildman–Crippen MR) is 83.5 cm³/mol. The van der Waals surface area contributed by atoms with Crippen LogP contribution in [-0.4, -0.2) is 10.9 Å². The number of Topliss-reactive ketones (excluding diaryl/α,β-unsaturated/α-hetero) is 1. The van der Waals surface area contributed by atoms with E-state index in [4.69, 9.17) is 0 Å². The second-order valence-corrected chi connectivity index (χ2v) is 5.18. The summed E-state index contributed by atoms with van der Waals surface area (Å²) in [6, 6.07) is 16.3. The topological polar surface area (TPSA) is 37.3 Å². The summed E-state index contributed by atoms with van der Waals surface area (Å²) in [5.74, 6) is 0.159. The van der Waals surface area contributed by atoms with Crippen LogP contribution in [0.15, 0.2) is 78.9 Å². The molecule has 0 heterocycles. The van der Waals surface area contributed by atoms with E-state index >= 15 is 0 Å². The van der Waals surface area contributed by atoms with Gasteiger partial charge in [-0.15, -0.1) is 0 Å². The van der Waals surface area contributed by atoms with Crippen molar-refractivity contribution in [3.05, 3.63) is 90.0 Å². The van der Waals surface area contributed by atoms with Gasteiger partial charge >= 0.3 is 0 Å². The normalized spacial score (nSPS) is 20.4. The molecular formula is C19H16O2. The van der Waals surface area contributed by atoms with Crippen molar-refractivity contribution in [1.29, 1.82) is 0 Å². The predicted octanol–water partition coefficient (Wildman–Crippen LogP) is 4.03. The summed E-state index contributed by atoms with van der Waals surface area (Å²) in [4.78, 5) is 13.1. The van der Waals surface area contributed by atoms with Crippen LogP contribution in [0.25, 0.3) is 0 Å². The Hall–Kier alpha value is -2.61. The molecule has 0 aromatic heterocycles. The summed E-state index contributed by atoms with van der Waals surface area (Å²) in [5.41, 5.74) is 0.474. The molecule has 0 saturated heterocycles. The first-order valence-electron chi connectivity index (χ1n) is 6.97. The molecule has 3 rings (SSSR count). The van der Waals surface area contributed by atoms with Crippen LogP contribution in [0.4, 0.5) is 0 Å². The largest absolute Gasteiger partial charge is 0.508 e. The smallest absolute Gasteiger partial charge is 0.177 e. The lowest BCUT2D eigenvalue weighted by Crippen LogP contribution is -2.34. The molecule has 0 amide bonds. The van der Waals surface area contributed by atoms with Gasteiger partial charge in [0, 0.05) is 11.1 Å². The highest BCUT2D eigenvalue weighted by molar-refractivity contribution is 6.06. The first-order chi connectivity index (χ1) is 10.2. The molecule has 2 heteroatoms. The van der Waals surface area contributed by atoms with Crippen molar-refractivity contribution in [2.45, 2.75) is 11.8 Å². The summed E-state index contributed by atoms with van der Waals surface area (Å²) in [6.45, 7) is 0. The molecule has 1 N–H and O–H groups in total. The Morgan fingerprint density at radius 2 is 1.67 bits per heavy atom. The van der Waals surface area contributed by atoms with Gasteiger partial charge in [0.15, 0.2) is 5.78 Å². The van der Waals surface area contributed by atoms with Crippen LogP contribution in [0.2, 0.25) is 0 Å². The molecule has 0 radical (unpaired) electrons. The molecule has 1 aliphatic carbocycles. The molecule has 2 nitrogen and oxygen atoms in total. The zero-order valence-electron chi connectivity index (χ0n) is 11.6. The first kappa shape index (κ1) is 13.4. The summed E-state index contributed by atoms with van der Waals surface area (Å²) >= 11 is 0. The number of allylic oxidation sites excluding steroid dienone is 4. The first-order valence-corrected chi connectivity index (χ1v) is 6.97. The maximum absolute atomic E-state index is 13.1. The van der Waals surface area contributed by atoms with Gasteiger partial charge in [0.2, 0.25) is 0 Å². The van der Waals surface area contributed by atoms with E-state index in [0.717, 1.165) is 0 Å². The van der Waals surface area contributed by atoms with Crippen molar-refractivity contribution >= 4 is 5.78 Å². The van der Waals surface area contributed by atoms with E-state index < -0.39 is 5.41 Å². The number of rotatable bonds is 3. The second kappa shape index (κ2) is 5.41. The van der Waals surface area contributed by atoms with Gasteiger partial charge in [-0.3, -0.25) is 4.79 Å². The number of para-hydroxylation sites is 1. The third kappa shape index (κ3) is 2.29. The minimum atomic E-state index is -0.832. The van der Waals surface area contributed by atoms with Crippen LogP contribution >= 0.6 is 0 Å². The molecule has 0 aliphatic heterocycles. The van der Waals surface area contributed by atoms with E-state index in [1.807, 2.05) is 66.8 Å². The molecule has 104 valence electrons. The molecule has 1 unspecified atom stereocenters. The number of hydrogen-bond acceptors (Lipinski definition) is 2. The Kier molecular flexibility index (Phi) is 3.44. The van der Waals surface area contributed by atoms with Crippen molar-refractivity contribution < 1.29 is 9.90 Å². The van der Waals surface area contributed by atoms with E-state index in [-0.39, 0.29) is 11.5 Å². The fraction of sp³-hybridized carbons (Fsp3) is 0.105. The summed E-state index contributed by atoms with van der Waals surface area (Å²) in [5, 5.41) is 10.2. The average molecular weight is 276 g/mol. The number of phenolic OH excluding ortho intramolecular Hbond substituents is 1. The standard InChI is InChI=1S/C19H16O2/c20-17-12-6-5-11-16(17)19(13-7-2-8-14-19)18(21)15-9-3-1-4-10-15/h1-13,20H,14H2. The zero-order valence-corrected chi connectivity index (χ0v) is 11.6. The summed E-state index contributed by atoms with van der Waals surface area (Å²) in [6.07, 6.45) is 8.20. The van der Waals surface area contributed by atoms with Gasteiger partial charge in [-0.05, 0) is 12.5 Å². The maximum Gasteiger partial charge on any atom is 0.177 e. The van der Waals surface area contributed by atoms with Gasteiger partial charge in [0.25, 0.3) is 0 Å². The fourth-order valence-electron chi connectivity index (χ4n) is 2.81. The molecule has 21 heavy (non-hydrogen) atoms. The zero-order chi connectivity index (χ0) is 14.7. The lowest BCUT2D eigenvalue weighted by molar-refractivity contribution is 0.0915. The monoisotopic (exact) mass is 276 g/mol. The summed E-state index contributed by atoms with van der Waals surface area (Å²) in [7, 11) is 0. The fourth-order valence-corrected chi connectivity index (χ4v) is 2.81. The summed E-state index contributed by atoms with van der Waals surface area (Å²) < 4.78 is 0. The van der Waals surface area contributed by atoms with E-state index in [0.29, 0.717) is 17.5 Å². The van der Waals surface area contributed by atoms with Crippen molar-refractivity contribution in [1.82, 2.24) is 0 Å². The molecule has 1 aliphatic rings. The van der Waals surface area contributed by atoms with E-state index in [1.165, 1.54) is 0 Å². The third-order valence-corrected chi connectivity index (χ3v) is 3.89. The highest BCUT2D eigenvalue weighted by Crippen LogP contribution is 2.40. The number of hydrogen-bond donors (Lipinski definition) is 1. The van der Waals surface area contributed by atoms with E-state index in [9.17, 15) is 9.90 Å². The van der Waals surface area contributed by atoms with Crippen LogP contribution in [0.3, 0.4) is 0 Å². The molecule has 0 bridgehead atoms. The van der Waals surface area contributed by atoms with Crippen molar-refractivity contribution in [2.75, 3.05) is 0 Å². The van der Waals surface area contributed by atoms with E-state index in [1.54, 1.807) is 12.1 Å². The third-order valence-electron chi connectivity index (χ3n) is 3.89. The maximum atomic E-state index is 13.1. The minimum absolute atomic E-state index is 0.00481. The van der Waals surface area contributed by atoms with Crippen LogP contribution in [0.5, 0.6) is 5.75 Å². The van der Waals surface area contributed by atoms with Gasteiger partial charge in [-0.25, -0.2) is 0 Å². The second-order valence-electron chi connectivity index (χ2n) is 5.18. The number of carbonyl (C=O) groups excluding carboxylic acids is 1. The highest BCUT2D eigenvalue weighted by atomic mass is 16.3. The minimum Gasteiger partial charge on any atom is -0.508 e. The van der Waals surface area contributed by atoms with Crippen molar-refractivity contribution in [3.63, 3.8) is 0 Å². The number of ketones is 1. The molecular weight excluding hydrogens is 260 g/mol. The van der Waals surface area contributed by atoms with Crippen LogP contribution < -0.4 is 0 Å². The SMILES string of the molecule is O=C(c1ccccc1)C1(c2ccccc2O)C=CC=CC1. The van der Waals surface area contributed by atoms with Crippen LogP contribution in [0.1, 0.15) is 22.3 Å². The average Bonchev–Trinajstić information content (AvgIpc) is 2.56. The molecule has 0 saturated carbocycles. The van der Waals surface area contributed by atoms with Crippen LogP contribution in [0, 0.1) is 0 Å². The Morgan fingerprint density at radius 1 is 0.952 bits per heavy atom. The lowest BCUT2D eigenvalue weighted by Gasteiger charge is -2.31. The van der Waals surface area contributed by atoms with Gasteiger partial charge in [-0.1, -0.05) is 72.8 Å². The van der Waals surface area contributed by atoms with E-state index in [2.05, 4.69) is 0 Å². The molecule has 2 aromatic carbocycles. The molecule has 2 aromatic rings. The van der Waals surface area contributed by atoms with Crippen LogP contribution in [-0.2, 0) is 5.41 Å². The quantitative estimate of drug-likeness (QED) is 0.859. The van der Waals surface area contributed by atoms with Crippen molar-refractivity contribution in [2.24, 2.45) is 0 Å². The highest BCUT2D eigenvalue weighted by Gasteiger charge is 2.39. The Labute approximate surface area is 124 Å². The van der Waals surface area contributed by atoms with Crippen molar-refractivity contribution in [3.8, 4) is 5.75 Å². The van der Waals surface area contributed by atoms with Gasteiger partial charge in [-0.2, -0.15) is 0 Å². The molecule has 1 atom stereocenters. The number of phenols is 1. The molecule has 0 spiro atoms. The molecule has 0 fully saturated rings. The lowest BCUT2D eigenvalue weighted by atomic mass is 9.70. The van der Waals surface area contributed by atoms with Gasteiger partial charge in [0.05, 0.1) is 5.41 Å². The Bertz CT molecular complexity index is 713. The number of aromatic hydroxyl groups is 1. The Balaban J connectivity index is 2.15. The van der Waals surface area contributed by atoms with Gasteiger partial charge in [0.1, 0.15) is 5.75 Å².